The summed E-state index contributed by atoms with van der Waals surface area (Å²) in [6.45, 7) is 0.143. The molecule has 5 rings (SSSR count). The van der Waals surface area contributed by atoms with Gasteiger partial charge < -0.3 is 15.2 Å². The van der Waals surface area contributed by atoms with Crippen molar-refractivity contribution >= 4 is 12.1 Å². The molecule has 2 N–H and O–H groups in total. The largest absolute Gasteiger partial charge is 0.480 e. The maximum Gasteiger partial charge on any atom is 0.407 e. The van der Waals surface area contributed by atoms with Gasteiger partial charge in [0, 0.05) is 12.3 Å². The van der Waals surface area contributed by atoms with Crippen LogP contribution < -0.4 is 5.32 Å². The molecule has 192 valence electrons. The summed E-state index contributed by atoms with van der Waals surface area (Å²) in [5, 5.41) is 12.3. The van der Waals surface area contributed by atoms with Crippen molar-refractivity contribution in [2.75, 3.05) is 6.61 Å². The molecule has 0 fully saturated rings. The minimum Gasteiger partial charge on any atom is -0.480 e. The summed E-state index contributed by atoms with van der Waals surface area (Å²) < 4.78 is 5.54. The second kappa shape index (κ2) is 11.8. The van der Waals surface area contributed by atoms with Gasteiger partial charge in [0.05, 0.1) is 0 Å². The van der Waals surface area contributed by atoms with Gasteiger partial charge in [0.1, 0.15) is 12.6 Å². The molecule has 5 heteroatoms. The van der Waals surface area contributed by atoms with Gasteiger partial charge in [-0.2, -0.15) is 0 Å². The van der Waals surface area contributed by atoms with Crippen LogP contribution in [0.3, 0.4) is 0 Å². The van der Waals surface area contributed by atoms with Gasteiger partial charge in [0.2, 0.25) is 0 Å². The molecule has 4 aromatic carbocycles. The minimum atomic E-state index is -1.09. The lowest BCUT2D eigenvalue weighted by atomic mass is 9.98. The highest BCUT2D eigenvalue weighted by Gasteiger charge is 2.29. The van der Waals surface area contributed by atoms with E-state index in [1.165, 1.54) is 11.1 Å². The molecule has 0 saturated heterocycles. The van der Waals surface area contributed by atoms with Gasteiger partial charge in [-0.15, -0.1) is 0 Å². The number of carboxylic acids is 1. The number of carboxylic acid groups (broad SMARTS) is 1. The molecule has 0 unspecified atom stereocenters. The maximum atomic E-state index is 12.6. The third-order valence-electron chi connectivity index (χ3n) is 7.17. The molecule has 1 aliphatic rings. The number of hydrogen-bond acceptors (Lipinski definition) is 3. The van der Waals surface area contributed by atoms with Crippen LogP contribution in [0.1, 0.15) is 40.2 Å². The predicted octanol–water partition coefficient (Wildman–Crippen LogP) is 6.40. The highest BCUT2D eigenvalue weighted by Crippen LogP contribution is 2.44. The van der Waals surface area contributed by atoms with Gasteiger partial charge in [-0.3, -0.25) is 0 Å². The van der Waals surface area contributed by atoms with E-state index >= 15 is 0 Å². The van der Waals surface area contributed by atoms with Crippen LogP contribution in [0.15, 0.2) is 103 Å². The fourth-order valence-corrected chi connectivity index (χ4v) is 5.20. The van der Waals surface area contributed by atoms with Crippen molar-refractivity contribution in [2.24, 2.45) is 0 Å². The lowest BCUT2D eigenvalue weighted by Gasteiger charge is -2.17. The number of hydrogen-bond donors (Lipinski definition) is 2. The molecule has 0 saturated carbocycles. The minimum absolute atomic E-state index is 0.0779. The Balaban J connectivity index is 1.14. The zero-order valence-corrected chi connectivity index (χ0v) is 21.2. The second-order valence-corrected chi connectivity index (χ2v) is 9.72. The SMILES string of the molecule is O=C(N[C@@H](Cc1ccc(CCCc2ccccc2)cc1)C(=O)O)OCC1c2ccccc2-c2ccccc21. The number of benzene rings is 4. The lowest BCUT2D eigenvalue weighted by molar-refractivity contribution is -0.139. The topological polar surface area (TPSA) is 75.6 Å². The number of amides is 1. The molecule has 0 heterocycles. The smallest absolute Gasteiger partial charge is 0.407 e. The van der Waals surface area contributed by atoms with E-state index in [9.17, 15) is 14.7 Å². The van der Waals surface area contributed by atoms with Crippen LogP contribution in [-0.4, -0.2) is 29.8 Å². The van der Waals surface area contributed by atoms with Crippen molar-refractivity contribution in [3.63, 3.8) is 0 Å². The fourth-order valence-electron chi connectivity index (χ4n) is 5.20. The van der Waals surface area contributed by atoms with Crippen LogP contribution in [0, 0.1) is 0 Å². The average molecular weight is 506 g/mol. The molecule has 0 aliphatic heterocycles. The zero-order chi connectivity index (χ0) is 26.3. The Morgan fingerprint density at radius 3 is 1.84 bits per heavy atom. The number of carbonyl (C=O) groups excluding carboxylic acids is 1. The molecule has 0 bridgehead atoms. The molecule has 1 aliphatic carbocycles. The van der Waals surface area contributed by atoms with Crippen LogP contribution in [0.4, 0.5) is 4.79 Å². The van der Waals surface area contributed by atoms with Gasteiger partial charge >= 0.3 is 12.1 Å². The molecule has 1 atom stereocenters. The third kappa shape index (κ3) is 5.94. The number of fused-ring (bicyclic) bond motifs is 3. The van der Waals surface area contributed by atoms with E-state index < -0.39 is 18.1 Å². The van der Waals surface area contributed by atoms with Crippen LogP contribution in [-0.2, 0) is 28.8 Å². The summed E-state index contributed by atoms with van der Waals surface area (Å²) >= 11 is 0. The number of aryl methyl sites for hydroxylation is 2. The number of alkyl carbamates (subject to hydrolysis) is 1. The Morgan fingerprint density at radius 2 is 1.24 bits per heavy atom. The van der Waals surface area contributed by atoms with Crippen molar-refractivity contribution in [2.45, 2.75) is 37.6 Å². The van der Waals surface area contributed by atoms with Crippen LogP contribution in [0.2, 0.25) is 0 Å². The van der Waals surface area contributed by atoms with E-state index in [1.807, 2.05) is 66.7 Å². The van der Waals surface area contributed by atoms with Crippen molar-refractivity contribution in [3.05, 3.63) is 131 Å². The van der Waals surface area contributed by atoms with Crippen molar-refractivity contribution in [1.29, 1.82) is 0 Å². The molecule has 5 nitrogen and oxygen atoms in total. The first-order valence-corrected chi connectivity index (χ1v) is 13.0. The Bertz CT molecular complexity index is 1350. The van der Waals surface area contributed by atoms with E-state index in [2.05, 4.69) is 41.7 Å². The molecular formula is C33H31NO4. The summed E-state index contributed by atoms with van der Waals surface area (Å²) in [4.78, 5) is 24.5. The summed E-state index contributed by atoms with van der Waals surface area (Å²) in [6, 6.07) is 33.5. The van der Waals surface area contributed by atoms with E-state index in [0.29, 0.717) is 0 Å². The summed E-state index contributed by atoms with van der Waals surface area (Å²) in [5.41, 5.74) is 7.89. The van der Waals surface area contributed by atoms with Gasteiger partial charge in [-0.1, -0.05) is 103 Å². The standard InChI is InChI=1S/C33H31NO4/c35-32(36)31(21-25-19-17-24(18-20-25)12-8-11-23-9-2-1-3-10-23)34-33(37)38-22-30-28-15-6-4-13-26(28)27-14-5-7-16-29(27)30/h1-7,9-10,13-20,30-31H,8,11-12,21-22H2,(H,34,37)(H,35,36)/t31-/m0/s1. The van der Waals surface area contributed by atoms with E-state index in [-0.39, 0.29) is 18.9 Å². The zero-order valence-electron chi connectivity index (χ0n) is 21.2. The van der Waals surface area contributed by atoms with E-state index in [1.54, 1.807) is 0 Å². The summed E-state index contributed by atoms with van der Waals surface area (Å²) in [7, 11) is 0. The van der Waals surface area contributed by atoms with E-state index in [0.717, 1.165) is 47.1 Å². The van der Waals surface area contributed by atoms with Gasteiger partial charge in [0.25, 0.3) is 0 Å². The Hall–Kier alpha value is -4.38. The first-order chi connectivity index (χ1) is 18.6. The highest BCUT2D eigenvalue weighted by atomic mass is 16.5. The van der Waals surface area contributed by atoms with Crippen molar-refractivity contribution in [1.82, 2.24) is 5.32 Å². The molecule has 0 aromatic heterocycles. The van der Waals surface area contributed by atoms with Gasteiger partial charge in [0.15, 0.2) is 0 Å². The number of ether oxygens (including phenoxy) is 1. The quantitative estimate of drug-likeness (QED) is 0.262. The molecule has 0 radical (unpaired) electrons. The predicted molar refractivity (Wildman–Crippen MR) is 148 cm³/mol. The Kier molecular flexibility index (Phi) is 7.84. The number of rotatable bonds is 10. The summed E-state index contributed by atoms with van der Waals surface area (Å²) in [6.07, 6.45) is 2.48. The van der Waals surface area contributed by atoms with Crippen LogP contribution >= 0.6 is 0 Å². The molecular weight excluding hydrogens is 474 g/mol. The lowest BCUT2D eigenvalue weighted by Crippen LogP contribution is -2.42. The number of carbonyl (C=O) groups is 2. The summed E-state index contributed by atoms with van der Waals surface area (Å²) in [5.74, 6) is -1.17. The molecule has 1 amide bonds. The first kappa shape index (κ1) is 25.3. The van der Waals surface area contributed by atoms with Crippen molar-refractivity contribution < 1.29 is 19.4 Å². The average Bonchev–Trinajstić information content (AvgIpc) is 3.26. The van der Waals surface area contributed by atoms with Crippen molar-refractivity contribution in [3.8, 4) is 11.1 Å². The van der Waals surface area contributed by atoms with Crippen LogP contribution in [0.5, 0.6) is 0 Å². The Morgan fingerprint density at radius 1 is 0.711 bits per heavy atom. The second-order valence-electron chi connectivity index (χ2n) is 9.72. The molecule has 38 heavy (non-hydrogen) atoms. The number of nitrogens with one attached hydrogen (secondary N) is 1. The van der Waals surface area contributed by atoms with E-state index in [4.69, 9.17) is 4.74 Å². The van der Waals surface area contributed by atoms with Crippen LogP contribution in [0.25, 0.3) is 11.1 Å². The number of aliphatic carboxylic acids is 1. The first-order valence-electron chi connectivity index (χ1n) is 13.0. The normalized spacial score (nSPS) is 12.8. The molecule has 0 spiro atoms. The molecule has 4 aromatic rings. The maximum absolute atomic E-state index is 12.6. The fraction of sp³-hybridized carbons (Fsp3) is 0.212. The Labute approximate surface area is 223 Å². The third-order valence-corrected chi connectivity index (χ3v) is 7.17. The van der Waals surface area contributed by atoms with Gasteiger partial charge in [-0.05, 0) is 58.2 Å². The highest BCUT2D eigenvalue weighted by molar-refractivity contribution is 5.81. The van der Waals surface area contributed by atoms with Gasteiger partial charge in [-0.25, -0.2) is 9.59 Å². The monoisotopic (exact) mass is 505 g/mol.